The van der Waals surface area contributed by atoms with Gasteiger partial charge in [-0.1, -0.05) is 0 Å². The fraction of sp³-hybridized carbons (Fsp3) is 0.400. The second-order valence-corrected chi connectivity index (χ2v) is 4.92. The summed E-state index contributed by atoms with van der Waals surface area (Å²) < 4.78 is 11.0. The predicted molar refractivity (Wildman–Crippen MR) is 77.4 cm³/mol. The van der Waals surface area contributed by atoms with Gasteiger partial charge in [-0.15, -0.1) is 0 Å². The summed E-state index contributed by atoms with van der Waals surface area (Å²) in [7, 11) is 1.61. The third kappa shape index (κ3) is 2.14. The minimum absolute atomic E-state index is 0.188. The Kier molecular flexibility index (Phi) is 3.36. The molecule has 2 aromatic rings. The molecule has 1 aromatic heterocycles. The zero-order chi connectivity index (χ0) is 14.1. The lowest BCUT2D eigenvalue weighted by Gasteiger charge is -2.28. The average Bonchev–Trinajstić information content (AvgIpc) is 2.84. The molecule has 0 spiro atoms. The summed E-state index contributed by atoms with van der Waals surface area (Å²) in [6.45, 7) is 5.21. The van der Waals surface area contributed by atoms with Gasteiger partial charge in [0.05, 0.1) is 13.2 Å². The van der Waals surface area contributed by atoms with Crippen molar-refractivity contribution in [1.82, 2.24) is 5.32 Å². The summed E-state index contributed by atoms with van der Waals surface area (Å²) in [5, 5.41) is 3.59. The number of carbonyl (C=O) groups excluding carboxylic acids is 1. The van der Waals surface area contributed by atoms with E-state index in [1.165, 1.54) is 0 Å². The Balaban J connectivity index is 2.01. The van der Waals surface area contributed by atoms with Crippen LogP contribution in [0.25, 0.3) is 11.0 Å². The van der Waals surface area contributed by atoms with E-state index in [4.69, 9.17) is 9.15 Å². The lowest BCUT2D eigenvalue weighted by molar-refractivity contribution is 0.0937. The van der Waals surface area contributed by atoms with E-state index >= 15 is 0 Å². The van der Waals surface area contributed by atoms with E-state index in [1.807, 2.05) is 19.1 Å². The van der Waals surface area contributed by atoms with Crippen LogP contribution in [-0.2, 0) is 4.74 Å². The highest BCUT2D eigenvalue weighted by atomic mass is 16.5. The zero-order valence-electron chi connectivity index (χ0n) is 11.7. The molecule has 0 unspecified atom stereocenters. The van der Waals surface area contributed by atoms with Gasteiger partial charge >= 0.3 is 0 Å². The van der Waals surface area contributed by atoms with Crippen molar-refractivity contribution in [1.29, 1.82) is 0 Å². The largest absolute Gasteiger partial charge is 0.451 e. The number of carbonyl (C=O) groups is 1. The number of furan rings is 1. The zero-order valence-corrected chi connectivity index (χ0v) is 11.7. The van der Waals surface area contributed by atoms with Crippen molar-refractivity contribution in [2.24, 2.45) is 0 Å². The molecule has 0 radical (unpaired) electrons. The molecule has 1 N–H and O–H groups in total. The lowest BCUT2D eigenvalue weighted by atomic mass is 10.1. The van der Waals surface area contributed by atoms with E-state index in [0.29, 0.717) is 5.76 Å². The highest BCUT2D eigenvalue weighted by Gasteiger charge is 2.18. The van der Waals surface area contributed by atoms with Crippen molar-refractivity contribution in [2.45, 2.75) is 6.92 Å². The van der Waals surface area contributed by atoms with Crippen LogP contribution in [0.5, 0.6) is 0 Å². The van der Waals surface area contributed by atoms with Crippen LogP contribution in [-0.4, -0.2) is 39.3 Å². The van der Waals surface area contributed by atoms with Gasteiger partial charge in [-0.2, -0.15) is 0 Å². The number of benzene rings is 1. The summed E-state index contributed by atoms with van der Waals surface area (Å²) >= 11 is 0. The Hall–Kier alpha value is -2.01. The smallest absolute Gasteiger partial charge is 0.287 e. The third-order valence-electron chi connectivity index (χ3n) is 3.73. The highest BCUT2D eigenvalue weighted by Crippen LogP contribution is 2.29. The van der Waals surface area contributed by atoms with Crippen LogP contribution in [0.3, 0.4) is 0 Å². The fourth-order valence-electron chi connectivity index (χ4n) is 2.56. The molecule has 1 amide bonds. The van der Waals surface area contributed by atoms with E-state index in [2.05, 4.69) is 16.3 Å². The van der Waals surface area contributed by atoms with E-state index in [0.717, 1.165) is 48.5 Å². The number of morpholine rings is 1. The Bertz CT molecular complexity index is 642. The minimum atomic E-state index is -0.188. The van der Waals surface area contributed by atoms with Gasteiger partial charge in [0.25, 0.3) is 5.91 Å². The van der Waals surface area contributed by atoms with Gasteiger partial charge in [0, 0.05) is 36.8 Å². The first-order chi connectivity index (χ1) is 9.70. The number of fused-ring (bicyclic) bond motifs is 1. The third-order valence-corrected chi connectivity index (χ3v) is 3.73. The van der Waals surface area contributed by atoms with E-state index in [9.17, 15) is 4.79 Å². The van der Waals surface area contributed by atoms with Crippen molar-refractivity contribution in [2.75, 3.05) is 38.3 Å². The van der Waals surface area contributed by atoms with Gasteiger partial charge in [-0.25, -0.2) is 0 Å². The number of aryl methyl sites for hydroxylation is 1. The first-order valence-corrected chi connectivity index (χ1v) is 6.78. The lowest BCUT2D eigenvalue weighted by Crippen LogP contribution is -2.36. The quantitative estimate of drug-likeness (QED) is 0.909. The van der Waals surface area contributed by atoms with Crippen LogP contribution in [0.15, 0.2) is 22.6 Å². The van der Waals surface area contributed by atoms with Crippen LogP contribution in [0.2, 0.25) is 0 Å². The normalized spacial score (nSPS) is 15.6. The number of amides is 1. The molecule has 1 aromatic carbocycles. The van der Waals surface area contributed by atoms with Gasteiger partial charge in [0.2, 0.25) is 0 Å². The summed E-state index contributed by atoms with van der Waals surface area (Å²) in [5.41, 5.74) is 2.78. The number of rotatable bonds is 2. The van der Waals surface area contributed by atoms with Crippen LogP contribution in [0.4, 0.5) is 5.69 Å². The number of nitrogens with one attached hydrogen (secondary N) is 1. The van der Waals surface area contributed by atoms with Crippen molar-refractivity contribution >= 4 is 22.6 Å². The first kappa shape index (κ1) is 13.0. The molecule has 5 nitrogen and oxygen atoms in total. The average molecular weight is 274 g/mol. The van der Waals surface area contributed by atoms with Crippen molar-refractivity contribution < 1.29 is 13.9 Å². The van der Waals surface area contributed by atoms with Crippen LogP contribution < -0.4 is 10.2 Å². The summed E-state index contributed by atoms with van der Waals surface area (Å²) in [4.78, 5) is 14.0. The first-order valence-electron chi connectivity index (χ1n) is 6.78. The molecule has 1 aliphatic rings. The second-order valence-electron chi connectivity index (χ2n) is 4.92. The van der Waals surface area contributed by atoms with Crippen molar-refractivity contribution in [3.05, 3.63) is 29.5 Å². The molecule has 5 heteroatoms. The molecule has 20 heavy (non-hydrogen) atoms. The number of nitrogens with zero attached hydrogens (tertiary/aromatic N) is 1. The molecular weight excluding hydrogens is 256 g/mol. The van der Waals surface area contributed by atoms with Crippen molar-refractivity contribution in [3.8, 4) is 0 Å². The monoisotopic (exact) mass is 274 g/mol. The molecule has 0 bridgehead atoms. The van der Waals surface area contributed by atoms with Crippen molar-refractivity contribution in [3.63, 3.8) is 0 Å². The SMILES string of the molecule is CNC(=O)c1oc2ccc(N3CCOCC3)cc2c1C. The number of hydrogen-bond donors (Lipinski definition) is 1. The molecule has 0 aliphatic carbocycles. The predicted octanol–water partition coefficient (Wildman–Crippen LogP) is 1.94. The van der Waals surface area contributed by atoms with E-state index in [-0.39, 0.29) is 5.91 Å². The van der Waals surface area contributed by atoms with Crippen LogP contribution in [0.1, 0.15) is 16.1 Å². The van der Waals surface area contributed by atoms with Gasteiger partial charge in [-0.3, -0.25) is 4.79 Å². The molecule has 1 aliphatic heterocycles. The number of anilines is 1. The van der Waals surface area contributed by atoms with Gasteiger partial charge in [0.1, 0.15) is 5.58 Å². The summed E-state index contributed by atoms with van der Waals surface area (Å²) in [6.07, 6.45) is 0. The maximum Gasteiger partial charge on any atom is 0.287 e. The molecule has 106 valence electrons. The van der Waals surface area contributed by atoms with Gasteiger partial charge in [-0.05, 0) is 25.1 Å². The molecule has 3 rings (SSSR count). The minimum Gasteiger partial charge on any atom is -0.451 e. The molecule has 0 atom stereocenters. The Morgan fingerprint density at radius 1 is 1.30 bits per heavy atom. The van der Waals surface area contributed by atoms with Gasteiger partial charge < -0.3 is 19.4 Å². The second kappa shape index (κ2) is 5.17. The Morgan fingerprint density at radius 3 is 2.75 bits per heavy atom. The van der Waals surface area contributed by atoms with Crippen LogP contribution >= 0.6 is 0 Å². The fourth-order valence-corrected chi connectivity index (χ4v) is 2.56. The summed E-state index contributed by atoms with van der Waals surface area (Å²) in [6, 6.07) is 6.05. The van der Waals surface area contributed by atoms with Crippen LogP contribution in [0, 0.1) is 6.92 Å². The Labute approximate surface area is 117 Å². The highest BCUT2D eigenvalue weighted by molar-refractivity contribution is 5.99. The molecule has 2 heterocycles. The summed E-state index contributed by atoms with van der Waals surface area (Å²) in [5.74, 6) is 0.202. The standard InChI is InChI=1S/C15H18N2O3/c1-10-12-9-11(17-5-7-19-8-6-17)3-4-13(12)20-14(10)15(18)16-2/h3-4,9H,5-8H2,1-2H3,(H,16,18). The molecule has 1 saturated heterocycles. The number of hydrogen-bond acceptors (Lipinski definition) is 4. The molecule has 1 fully saturated rings. The van der Waals surface area contributed by atoms with E-state index in [1.54, 1.807) is 7.05 Å². The molecular formula is C15H18N2O3. The van der Waals surface area contributed by atoms with E-state index < -0.39 is 0 Å². The van der Waals surface area contributed by atoms with Gasteiger partial charge in [0.15, 0.2) is 5.76 Å². The Morgan fingerprint density at radius 2 is 2.05 bits per heavy atom. The topological polar surface area (TPSA) is 54.7 Å². The maximum atomic E-state index is 11.8. The number of ether oxygens (including phenoxy) is 1. The maximum absolute atomic E-state index is 11.8. The molecule has 0 saturated carbocycles.